The van der Waals surface area contributed by atoms with Crippen LogP contribution in [0.1, 0.15) is 5.56 Å². The van der Waals surface area contributed by atoms with Crippen LogP contribution >= 0.6 is 0 Å². The summed E-state index contributed by atoms with van der Waals surface area (Å²) in [6.07, 6.45) is 0. The summed E-state index contributed by atoms with van der Waals surface area (Å²) in [5.74, 6) is 0.915. The lowest BCUT2D eigenvalue weighted by atomic mass is 10.0. The first-order valence-electron chi connectivity index (χ1n) is 11.2. The quantitative estimate of drug-likeness (QED) is 0.281. The number of fused-ring (bicyclic) bond motifs is 6. The Morgan fingerprint density at radius 2 is 1.52 bits per heavy atom. The fourth-order valence-corrected chi connectivity index (χ4v) is 4.96. The van der Waals surface area contributed by atoms with Gasteiger partial charge in [0.1, 0.15) is 17.0 Å². The number of nitrogens with zero attached hydrogens (tertiary/aromatic N) is 2. The highest BCUT2D eigenvalue weighted by Gasteiger charge is 2.17. The Labute approximate surface area is 190 Å². The Balaban J connectivity index is 1.52. The first kappa shape index (κ1) is 18.2. The van der Waals surface area contributed by atoms with Crippen molar-refractivity contribution in [1.82, 2.24) is 9.55 Å². The van der Waals surface area contributed by atoms with Gasteiger partial charge in [0.2, 0.25) is 0 Å². The fraction of sp³-hybridized carbons (Fsp3) is 0.0333. The van der Waals surface area contributed by atoms with Gasteiger partial charge in [-0.2, -0.15) is 0 Å². The van der Waals surface area contributed by atoms with E-state index in [9.17, 15) is 0 Å². The standard InChI is InChI=1S/C30H20N2O/c1-19-8-2-6-12-25(19)32-26-13-7-5-11-24(26)31-30(32)21-14-16-23-28(18-21)33-27-17-15-20-9-3-4-10-22(20)29(23)27/h2-18H,1H3. The zero-order valence-corrected chi connectivity index (χ0v) is 18.1. The maximum atomic E-state index is 6.33. The SMILES string of the molecule is Cc1ccccc1-n1c(-c2ccc3c(c2)oc2ccc4ccccc4c23)nc2ccccc21. The molecule has 2 heterocycles. The van der Waals surface area contributed by atoms with Crippen molar-refractivity contribution in [3.05, 3.63) is 109 Å². The van der Waals surface area contributed by atoms with Crippen LogP contribution in [0, 0.1) is 6.92 Å². The van der Waals surface area contributed by atoms with Crippen LogP contribution in [-0.2, 0) is 0 Å². The molecule has 0 radical (unpaired) electrons. The van der Waals surface area contributed by atoms with Gasteiger partial charge in [0.05, 0.1) is 16.7 Å². The fourth-order valence-electron chi connectivity index (χ4n) is 4.96. The summed E-state index contributed by atoms with van der Waals surface area (Å²) in [6, 6.07) is 35.9. The number of aromatic nitrogens is 2. The van der Waals surface area contributed by atoms with Crippen molar-refractivity contribution >= 4 is 43.7 Å². The van der Waals surface area contributed by atoms with E-state index in [-0.39, 0.29) is 0 Å². The summed E-state index contributed by atoms with van der Waals surface area (Å²) < 4.78 is 8.58. The number of hydrogen-bond acceptors (Lipinski definition) is 2. The van der Waals surface area contributed by atoms with Crippen molar-refractivity contribution in [3.63, 3.8) is 0 Å². The molecular formula is C30H20N2O. The zero-order valence-electron chi connectivity index (χ0n) is 18.1. The highest BCUT2D eigenvalue weighted by molar-refractivity contribution is 6.19. The van der Waals surface area contributed by atoms with Gasteiger partial charge in [-0.15, -0.1) is 0 Å². The normalized spacial score (nSPS) is 11.8. The predicted molar refractivity (Wildman–Crippen MR) is 136 cm³/mol. The van der Waals surface area contributed by atoms with Gasteiger partial charge in [0.25, 0.3) is 0 Å². The van der Waals surface area contributed by atoms with Crippen molar-refractivity contribution < 1.29 is 4.42 Å². The molecule has 3 heteroatoms. The number of aryl methyl sites for hydroxylation is 1. The average molecular weight is 425 g/mol. The minimum atomic E-state index is 0.877. The van der Waals surface area contributed by atoms with Crippen LogP contribution in [0.4, 0.5) is 0 Å². The van der Waals surface area contributed by atoms with Crippen molar-refractivity contribution in [2.45, 2.75) is 6.92 Å². The Bertz CT molecular complexity index is 1840. The molecule has 0 aliphatic heterocycles. The molecule has 156 valence electrons. The Hall–Kier alpha value is -4.37. The number of rotatable bonds is 2. The van der Waals surface area contributed by atoms with Crippen LogP contribution in [0.15, 0.2) is 108 Å². The third-order valence-corrected chi connectivity index (χ3v) is 6.54. The van der Waals surface area contributed by atoms with E-state index in [1.807, 2.05) is 6.07 Å². The molecule has 0 saturated carbocycles. The highest BCUT2D eigenvalue weighted by atomic mass is 16.3. The molecule has 0 atom stereocenters. The van der Waals surface area contributed by atoms with Crippen LogP contribution in [0.2, 0.25) is 0 Å². The maximum absolute atomic E-state index is 6.33. The third kappa shape index (κ3) is 2.66. The number of furan rings is 1. The molecule has 0 fully saturated rings. The van der Waals surface area contributed by atoms with E-state index in [0.29, 0.717) is 0 Å². The molecule has 7 aromatic rings. The van der Waals surface area contributed by atoms with Gasteiger partial charge in [-0.25, -0.2) is 4.98 Å². The van der Waals surface area contributed by atoms with Gasteiger partial charge >= 0.3 is 0 Å². The van der Waals surface area contributed by atoms with Gasteiger partial charge in [0.15, 0.2) is 0 Å². The molecule has 0 aliphatic rings. The first-order chi connectivity index (χ1) is 16.3. The Morgan fingerprint density at radius 3 is 2.45 bits per heavy atom. The molecule has 0 amide bonds. The minimum absolute atomic E-state index is 0.877. The van der Waals surface area contributed by atoms with Gasteiger partial charge in [0, 0.05) is 16.3 Å². The average Bonchev–Trinajstić information content (AvgIpc) is 3.42. The van der Waals surface area contributed by atoms with E-state index in [2.05, 4.69) is 109 Å². The molecule has 0 saturated heterocycles. The van der Waals surface area contributed by atoms with Crippen molar-refractivity contribution in [2.24, 2.45) is 0 Å². The van der Waals surface area contributed by atoms with Crippen LogP contribution in [0.3, 0.4) is 0 Å². The molecule has 2 aromatic heterocycles. The second-order valence-corrected chi connectivity index (χ2v) is 8.52. The number of imidazole rings is 1. The lowest BCUT2D eigenvalue weighted by molar-refractivity contribution is 0.669. The van der Waals surface area contributed by atoms with Crippen molar-refractivity contribution in [3.8, 4) is 17.1 Å². The highest BCUT2D eigenvalue weighted by Crippen LogP contribution is 2.37. The zero-order chi connectivity index (χ0) is 21.9. The molecule has 0 bridgehead atoms. The number of para-hydroxylation sites is 3. The summed E-state index contributed by atoms with van der Waals surface area (Å²) in [6.45, 7) is 2.14. The van der Waals surface area contributed by atoms with E-state index in [1.54, 1.807) is 0 Å². The minimum Gasteiger partial charge on any atom is -0.456 e. The van der Waals surface area contributed by atoms with E-state index < -0.39 is 0 Å². The monoisotopic (exact) mass is 424 g/mol. The van der Waals surface area contributed by atoms with Crippen LogP contribution < -0.4 is 0 Å². The lowest BCUT2D eigenvalue weighted by Crippen LogP contribution is -1.99. The molecular weight excluding hydrogens is 404 g/mol. The Morgan fingerprint density at radius 1 is 0.697 bits per heavy atom. The van der Waals surface area contributed by atoms with E-state index in [1.165, 1.54) is 21.7 Å². The molecule has 0 N–H and O–H groups in total. The molecule has 5 aromatic carbocycles. The summed E-state index contributed by atoms with van der Waals surface area (Å²) in [5, 5.41) is 4.73. The van der Waals surface area contributed by atoms with E-state index in [4.69, 9.17) is 9.40 Å². The van der Waals surface area contributed by atoms with Gasteiger partial charge in [-0.3, -0.25) is 4.57 Å². The summed E-state index contributed by atoms with van der Waals surface area (Å²) >= 11 is 0. The maximum Gasteiger partial charge on any atom is 0.145 e. The second-order valence-electron chi connectivity index (χ2n) is 8.52. The van der Waals surface area contributed by atoms with Gasteiger partial charge in [-0.05, 0) is 59.7 Å². The van der Waals surface area contributed by atoms with E-state index in [0.717, 1.165) is 44.7 Å². The van der Waals surface area contributed by atoms with Crippen molar-refractivity contribution in [2.75, 3.05) is 0 Å². The third-order valence-electron chi connectivity index (χ3n) is 6.54. The predicted octanol–water partition coefficient (Wildman–Crippen LogP) is 8.05. The Kier molecular flexibility index (Phi) is 3.76. The smallest absolute Gasteiger partial charge is 0.145 e. The van der Waals surface area contributed by atoms with E-state index >= 15 is 0 Å². The van der Waals surface area contributed by atoms with Crippen molar-refractivity contribution in [1.29, 1.82) is 0 Å². The summed E-state index contributed by atoms with van der Waals surface area (Å²) in [5.41, 5.74) is 7.24. The largest absolute Gasteiger partial charge is 0.456 e. The summed E-state index contributed by atoms with van der Waals surface area (Å²) in [4.78, 5) is 5.03. The van der Waals surface area contributed by atoms with Crippen LogP contribution in [0.25, 0.3) is 60.8 Å². The molecule has 0 spiro atoms. The molecule has 0 aliphatic carbocycles. The molecule has 7 rings (SSSR count). The molecule has 0 unspecified atom stereocenters. The molecule has 3 nitrogen and oxygen atoms in total. The van der Waals surface area contributed by atoms with Crippen LogP contribution in [-0.4, -0.2) is 9.55 Å². The topological polar surface area (TPSA) is 31.0 Å². The van der Waals surface area contributed by atoms with Gasteiger partial charge < -0.3 is 4.42 Å². The first-order valence-corrected chi connectivity index (χ1v) is 11.2. The molecule has 33 heavy (non-hydrogen) atoms. The lowest BCUT2D eigenvalue weighted by Gasteiger charge is -2.12. The number of benzene rings is 5. The van der Waals surface area contributed by atoms with Gasteiger partial charge in [-0.1, -0.05) is 66.7 Å². The van der Waals surface area contributed by atoms with Crippen LogP contribution in [0.5, 0.6) is 0 Å². The summed E-state index contributed by atoms with van der Waals surface area (Å²) in [7, 11) is 0. The second kappa shape index (κ2) is 6.81. The number of hydrogen-bond donors (Lipinski definition) is 0.